The molecule has 1 heterocycles. The van der Waals surface area contributed by atoms with Crippen molar-refractivity contribution in [2.75, 3.05) is 19.5 Å². The molecule has 8 heteroatoms. The van der Waals surface area contributed by atoms with E-state index >= 15 is 0 Å². The molecule has 1 aromatic heterocycles. The van der Waals surface area contributed by atoms with E-state index in [2.05, 4.69) is 5.32 Å². The zero-order chi connectivity index (χ0) is 20.4. The smallest absolute Gasteiger partial charge is 0.340 e. The third kappa shape index (κ3) is 3.79. The lowest BCUT2D eigenvalue weighted by atomic mass is 10.0. The van der Waals surface area contributed by atoms with Gasteiger partial charge in [0.1, 0.15) is 0 Å². The number of anilines is 1. The minimum atomic E-state index is -0.621. The van der Waals surface area contributed by atoms with E-state index in [0.29, 0.717) is 38.2 Å². The van der Waals surface area contributed by atoms with E-state index in [0.717, 1.165) is 0 Å². The van der Waals surface area contributed by atoms with Crippen LogP contribution in [0.25, 0.3) is 11.0 Å². The number of hydrogen-bond acceptors (Lipinski definition) is 5. The van der Waals surface area contributed by atoms with Crippen LogP contribution in [0.4, 0.5) is 5.69 Å². The summed E-state index contributed by atoms with van der Waals surface area (Å²) >= 11 is 12.0. The van der Waals surface area contributed by atoms with E-state index < -0.39 is 11.5 Å². The summed E-state index contributed by atoms with van der Waals surface area (Å²) in [4.78, 5) is 25.0. The predicted molar refractivity (Wildman–Crippen MR) is 109 cm³/mol. The summed E-state index contributed by atoms with van der Waals surface area (Å²) in [5, 5.41) is 4.09. The number of amides is 1. The fourth-order valence-corrected chi connectivity index (χ4v) is 3.26. The number of ether oxygens (including phenoxy) is 2. The van der Waals surface area contributed by atoms with E-state index in [9.17, 15) is 9.59 Å². The second-order valence-electron chi connectivity index (χ2n) is 6.02. The predicted octanol–water partition coefficient (Wildman–Crippen LogP) is 4.61. The monoisotopic (exact) mass is 421 g/mol. The van der Waals surface area contributed by atoms with Crippen LogP contribution in [0.2, 0.25) is 10.0 Å². The molecule has 2 aromatic carbocycles. The normalized spacial score (nSPS) is 10.8. The summed E-state index contributed by atoms with van der Waals surface area (Å²) in [7, 11) is 2.96. The highest BCUT2D eigenvalue weighted by Gasteiger charge is 2.19. The molecule has 0 bridgehead atoms. The molecule has 0 atom stereocenters. The van der Waals surface area contributed by atoms with Gasteiger partial charge in [0.2, 0.25) is 11.7 Å². The van der Waals surface area contributed by atoms with Crippen molar-refractivity contribution in [1.29, 1.82) is 0 Å². The number of fused-ring (bicyclic) bond motifs is 1. The summed E-state index contributed by atoms with van der Waals surface area (Å²) in [5.74, 6) is 0.347. The lowest BCUT2D eigenvalue weighted by molar-refractivity contribution is -0.115. The molecule has 0 aliphatic heterocycles. The van der Waals surface area contributed by atoms with Crippen LogP contribution >= 0.6 is 23.2 Å². The summed E-state index contributed by atoms with van der Waals surface area (Å²) in [6.45, 7) is 1.75. The zero-order valence-electron chi connectivity index (χ0n) is 15.4. The third-order valence-corrected chi connectivity index (χ3v) is 4.90. The molecule has 0 saturated heterocycles. The Labute approximate surface area is 171 Å². The van der Waals surface area contributed by atoms with Crippen molar-refractivity contribution in [3.63, 3.8) is 0 Å². The summed E-state index contributed by atoms with van der Waals surface area (Å²) in [5.41, 5.74) is 0.888. The van der Waals surface area contributed by atoms with Crippen molar-refractivity contribution in [2.45, 2.75) is 13.3 Å². The van der Waals surface area contributed by atoms with Crippen molar-refractivity contribution in [2.24, 2.45) is 0 Å². The van der Waals surface area contributed by atoms with Crippen molar-refractivity contribution in [3.8, 4) is 11.5 Å². The molecule has 0 radical (unpaired) electrons. The number of benzene rings is 2. The number of carbonyl (C=O) groups excluding carboxylic acids is 1. The van der Waals surface area contributed by atoms with E-state index in [4.69, 9.17) is 37.1 Å². The van der Waals surface area contributed by atoms with Gasteiger partial charge < -0.3 is 19.2 Å². The highest BCUT2D eigenvalue weighted by Crippen LogP contribution is 2.36. The van der Waals surface area contributed by atoms with Crippen LogP contribution < -0.4 is 20.4 Å². The van der Waals surface area contributed by atoms with Crippen LogP contribution in [0.3, 0.4) is 0 Å². The first kappa shape index (κ1) is 20.0. The first-order valence-corrected chi connectivity index (χ1v) is 9.03. The quantitative estimate of drug-likeness (QED) is 0.608. The van der Waals surface area contributed by atoms with Crippen LogP contribution in [0.5, 0.6) is 11.5 Å². The van der Waals surface area contributed by atoms with Gasteiger partial charge in [-0.25, -0.2) is 4.79 Å². The van der Waals surface area contributed by atoms with Crippen LogP contribution in [0.15, 0.2) is 39.5 Å². The molecule has 0 aliphatic rings. The molecule has 6 nitrogen and oxygen atoms in total. The van der Waals surface area contributed by atoms with Crippen LogP contribution in [-0.4, -0.2) is 20.1 Å². The molecule has 0 saturated carbocycles. The number of carbonyl (C=O) groups is 1. The molecule has 1 N–H and O–H groups in total. The Morgan fingerprint density at radius 2 is 1.89 bits per heavy atom. The summed E-state index contributed by atoms with van der Waals surface area (Å²) < 4.78 is 16.0. The molecule has 0 spiro atoms. The second kappa shape index (κ2) is 8.12. The molecular formula is C20H17Cl2NO5. The lowest BCUT2D eigenvalue weighted by Gasteiger charge is -2.13. The van der Waals surface area contributed by atoms with Crippen molar-refractivity contribution in [3.05, 3.63) is 61.9 Å². The van der Waals surface area contributed by atoms with Gasteiger partial charge in [-0.1, -0.05) is 23.2 Å². The fraction of sp³-hybridized carbons (Fsp3) is 0.200. The number of hydrogen-bond donors (Lipinski definition) is 1. The largest absolute Gasteiger partial charge is 0.493 e. The Bertz CT molecular complexity index is 1120. The highest BCUT2D eigenvalue weighted by molar-refractivity contribution is 6.35. The van der Waals surface area contributed by atoms with Crippen molar-refractivity contribution in [1.82, 2.24) is 0 Å². The molecule has 0 unspecified atom stereocenters. The van der Waals surface area contributed by atoms with Gasteiger partial charge in [0.05, 0.1) is 36.9 Å². The van der Waals surface area contributed by atoms with Crippen molar-refractivity contribution >= 4 is 45.8 Å². The third-order valence-electron chi connectivity index (χ3n) is 4.34. The minimum Gasteiger partial charge on any atom is -0.493 e. The van der Waals surface area contributed by atoms with Gasteiger partial charge >= 0.3 is 5.63 Å². The molecule has 0 fully saturated rings. The van der Waals surface area contributed by atoms with Crippen LogP contribution in [0, 0.1) is 6.92 Å². The highest BCUT2D eigenvalue weighted by atomic mass is 35.5. The molecule has 1 amide bonds. The van der Waals surface area contributed by atoms with Crippen LogP contribution in [0.1, 0.15) is 11.1 Å². The van der Waals surface area contributed by atoms with Crippen LogP contribution in [-0.2, 0) is 11.2 Å². The maximum absolute atomic E-state index is 12.5. The Morgan fingerprint density at radius 3 is 2.57 bits per heavy atom. The minimum absolute atomic E-state index is 0.179. The maximum atomic E-state index is 12.5. The van der Waals surface area contributed by atoms with E-state index in [1.54, 1.807) is 31.2 Å². The van der Waals surface area contributed by atoms with Gasteiger partial charge in [-0.2, -0.15) is 0 Å². The second-order valence-corrected chi connectivity index (χ2v) is 6.86. The lowest BCUT2D eigenvalue weighted by Crippen LogP contribution is -2.21. The number of methoxy groups -OCH3 is 2. The molecule has 3 aromatic rings. The first-order valence-electron chi connectivity index (χ1n) is 8.28. The van der Waals surface area contributed by atoms with Crippen molar-refractivity contribution < 1.29 is 18.7 Å². The average molecular weight is 422 g/mol. The van der Waals surface area contributed by atoms with E-state index in [1.807, 2.05) is 0 Å². The standard InChI is InChI=1S/C20H17Cl2NO5/c1-10-12-5-7-16(26-2)19(27-3)18(12)28-20(25)13(10)9-17(24)23-15-8-11(21)4-6-14(15)22/h4-8H,9H2,1-3H3,(H,23,24). The number of halogens is 2. The van der Waals surface area contributed by atoms with Gasteiger partial charge in [0.15, 0.2) is 11.3 Å². The topological polar surface area (TPSA) is 77.8 Å². The molecule has 3 rings (SSSR count). The maximum Gasteiger partial charge on any atom is 0.340 e. The Balaban J connectivity index is 1.98. The number of nitrogens with one attached hydrogen (secondary N) is 1. The first-order chi connectivity index (χ1) is 13.3. The summed E-state index contributed by atoms with van der Waals surface area (Å²) in [6, 6.07) is 8.20. The Hall–Kier alpha value is -2.70. The van der Waals surface area contributed by atoms with Gasteiger partial charge in [-0.3, -0.25) is 4.79 Å². The molecule has 146 valence electrons. The van der Waals surface area contributed by atoms with E-state index in [1.165, 1.54) is 20.3 Å². The van der Waals surface area contributed by atoms with Gasteiger partial charge in [0, 0.05) is 10.4 Å². The summed E-state index contributed by atoms with van der Waals surface area (Å²) in [6.07, 6.45) is -0.179. The molecule has 28 heavy (non-hydrogen) atoms. The van der Waals surface area contributed by atoms with Gasteiger partial charge in [-0.15, -0.1) is 0 Å². The Morgan fingerprint density at radius 1 is 1.14 bits per heavy atom. The average Bonchev–Trinajstić information content (AvgIpc) is 2.67. The van der Waals surface area contributed by atoms with E-state index in [-0.39, 0.29) is 17.6 Å². The van der Waals surface area contributed by atoms with Gasteiger partial charge in [0.25, 0.3) is 0 Å². The SMILES string of the molecule is COc1ccc2c(C)c(CC(=O)Nc3cc(Cl)ccc3Cl)c(=O)oc2c1OC. The number of rotatable bonds is 5. The molecule has 0 aliphatic carbocycles. The Kier molecular flexibility index (Phi) is 5.82. The zero-order valence-corrected chi connectivity index (χ0v) is 16.9. The van der Waals surface area contributed by atoms with Gasteiger partial charge in [-0.05, 0) is 42.8 Å². The number of aryl methyl sites for hydroxylation is 1. The molecular weight excluding hydrogens is 405 g/mol. The fourth-order valence-electron chi connectivity index (χ4n) is 2.92.